The Labute approximate surface area is 189 Å². The number of halogens is 1. The number of rotatable bonds is 5. The van der Waals surface area contributed by atoms with Crippen molar-refractivity contribution in [2.75, 3.05) is 6.54 Å². The first kappa shape index (κ1) is 21.1. The molecule has 1 aliphatic rings. The van der Waals surface area contributed by atoms with Crippen molar-refractivity contribution >= 4 is 16.7 Å². The van der Waals surface area contributed by atoms with Crippen LogP contribution >= 0.6 is 0 Å². The zero-order valence-electron chi connectivity index (χ0n) is 18.0. The van der Waals surface area contributed by atoms with Crippen LogP contribution < -0.4 is 5.56 Å². The van der Waals surface area contributed by atoms with Crippen molar-refractivity contribution in [1.29, 1.82) is 0 Å². The highest BCUT2D eigenvalue weighted by molar-refractivity contribution is 5.81. The zero-order chi connectivity index (χ0) is 22.8. The normalized spacial score (nSPS) is 16.3. The Morgan fingerprint density at radius 2 is 2.00 bits per heavy atom. The van der Waals surface area contributed by atoms with Gasteiger partial charge in [0.1, 0.15) is 24.2 Å². The summed E-state index contributed by atoms with van der Waals surface area (Å²) in [5.74, 6) is 0.581. The van der Waals surface area contributed by atoms with Crippen molar-refractivity contribution in [2.45, 2.75) is 38.3 Å². The molecule has 5 rings (SSSR count). The molecule has 2 aromatic heterocycles. The summed E-state index contributed by atoms with van der Waals surface area (Å²) in [5, 5.41) is 5.46. The molecule has 0 saturated carbocycles. The molecule has 8 heteroatoms. The Bertz CT molecular complexity index is 1360. The van der Waals surface area contributed by atoms with Gasteiger partial charge in [0.15, 0.2) is 0 Å². The maximum Gasteiger partial charge on any atom is 0.275 e. The number of benzene rings is 2. The van der Waals surface area contributed by atoms with Gasteiger partial charge < -0.3 is 9.32 Å². The lowest BCUT2D eigenvalue weighted by Gasteiger charge is -2.33. The van der Waals surface area contributed by atoms with Crippen LogP contribution in [-0.4, -0.2) is 32.1 Å². The van der Waals surface area contributed by atoms with Crippen molar-refractivity contribution in [3.8, 4) is 0 Å². The largest absolute Gasteiger partial charge is 0.443 e. The van der Waals surface area contributed by atoms with Gasteiger partial charge >= 0.3 is 0 Å². The third kappa shape index (κ3) is 4.41. The maximum atomic E-state index is 13.5. The van der Waals surface area contributed by atoms with Crippen LogP contribution in [0.5, 0.6) is 0 Å². The summed E-state index contributed by atoms with van der Waals surface area (Å²) in [6, 6.07) is 13.2. The van der Waals surface area contributed by atoms with Gasteiger partial charge in [0.05, 0.1) is 17.8 Å². The quantitative estimate of drug-likeness (QED) is 0.465. The predicted octanol–water partition coefficient (Wildman–Crippen LogP) is 3.87. The van der Waals surface area contributed by atoms with E-state index in [1.54, 1.807) is 35.5 Å². The van der Waals surface area contributed by atoms with Crippen LogP contribution in [0.15, 0.2) is 70.1 Å². The van der Waals surface area contributed by atoms with E-state index in [0.29, 0.717) is 30.0 Å². The number of nitrogens with zero attached hydrogens (tertiary/aromatic N) is 4. The van der Waals surface area contributed by atoms with Gasteiger partial charge in [-0.25, -0.2) is 14.1 Å². The fourth-order valence-corrected chi connectivity index (χ4v) is 4.35. The van der Waals surface area contributed by atoms with E-state index < -0.39 is 0 Å². The summed E-state index contributed by atoms with van der Waals surface area (Å²) in [5.41, 5.74) is 0.500. The number of piperidine rings is 1. The highest BCUT2D eigenvalue weighted by Crippen LogP contribution is 2.31. The van der Waals surface area contributed by atoms with Crippen molar-refractivity contribution in [3.05, 3.63) is 94.3 Å². The molecule has 33 heavy (non-hydrogen) atoms. The fourth-order valence-electron chi connectivity index (χ4n) is 4.35. The van der Waals surface area contributed by atoms with Crippen molar-refractivity contribution in [3.63, 3.8) is 0 Å². The van der Waals surface area contributed by atoms with Gasteiger partial charge in [-0.1, -0.05) is 30.3 Å². The minimum atomic E-state index is -0.302. The number of fused-ring (bicyclic) bond motifs is 1. The van der Waals surface area contributed by atoms with Crippen LogP contribution in [0.25, 0.3) is 10.8 Å². The summed E-state index contributed by atoms with van der Waals surface area (Å²) in [6.45, 7) is 0.421. The Morgan fingerprint density at radius 3 is 2.88 bits per heavy atom. The van der Waals surface area contributed by atoms with E-state index in [2.05, 4.69) is 10.1 Å². The first-order valence-corrected chi connectivity index (χ1v) is 11.0. The van der Waals surface area contributed by atoms with E-state index in [1.165, 1.54) is 16.8 Å². The summed E-state index contributed by atoms with van der Waals surface area (Å²) in [6.07, 6.45) is 6.20. The summed E-state index contributed by atoms with van der Waals surface area (Å²) in [7, 11) is 0. The molecular formula is C25H23FN4O3. The SMILES string of the molecule is O=C(Cn1ncc2ccccc2c1=O)N1CCCC[C@@H]1c1ncc(Cc2cccc(F)c2)o1. The van der Waals surface area contributed by atoms with Crippen LogP contribution in [-0.2, 0) is 17.8 Å². The molecule has 0 bridgehead atoms. The van der Waals surface area contributed by atoms with Gasteiger partial charge in [-0.2, -0.15) is 5.10 Å². The molecule has 1 aliphatic heterocycles. The van der Waals surface area contributed by atoms with Crippen LogP contribution in [0, 0.1) is 5.82 Å². The molecule has 1 amide bonds. The second-order valence-corrected chi connectivity index (χ2v) is 8.26. The molecule has 0 spiro atoms. The Morgan fingerprint density at radius 1 is 1.12 bits per heavy atom. The number of aromatic nitrogens is 3. The number of likely N-dealkylation sites (tertiary alicyclic amines) is 1. The summed E-state index contributed by atoms with van der Waals surface area (Å²) < 4.78 is 20.7. The molecule has 7 nitrogen and oxygen atoms in total. The molecule has 0 aliphatic carbocycles. The highest BCUT2D eigenvalue weighted by atomic mass is 19.1. The van der Waals surface area contributed by atoms with Crippen molar-refractivity contribution < 1.29 is 13.6 Å². The molecule has 168 valence electrons. The van der Waals surface area contributed by atoms with Gasteiger partial charge in [0.25, 0.3) is 5.56 Å². The average molecular weight is 446 g/mol. The van der Waals surface area contributed by atoms with E-state index in [4.69, 9.17) is 4.42 Å². The molecule has 1 fully saturated rings. The van der Waals surface area contributed by atoms with Gasteiger partial charge in [0, 0.05) is 18.4 Å². The molecule has 1 atom stereocenters. The van der Waals surface area contributed by atoms with E-state index in [9.17, 15) is 14.0 Å². The smallest absolute Gasteiger partial charge is 0.275 e. The first-order valence-electron chi connectivity index (χ1n) is 11.0. The van der Waals surface area contributed by atoms with Crippen LogP contribution in [0.1, 0.15) is 42.5 Å². The number of carbonyl (C=O) groups is 1. The fraction of sp³-hybridized carbons (Fsp3) is 0.280. The number of amides is 1. The standard InChI is InChI=1S/C25H23FN4O3/c26-19-8-5-6-17(12-19)13-20-15-27-24(33-20)22-10-3-4-11-29(22)23(31)16-30-25(32)21-9-2-1-7-18(21)14-28-30/h1-2,5-9,12,14-15,22H,3-4,10-11,13,16H2/t22-/m1/s1. The lowest BCUT2D eigenvalue weighted by Crippen LogP contribution is -2.42. The topological polar surface area (TPSA) is 81.2 Å². The average Bonchev–Trinajstić information content (AvgIpc) is 3.29. The molecule has 4 aromatic rings. The van der Waals surface area contributed by atoms with Gasteiger partial charge in [-0.05, 0) is 43.0 Å². The van der Waals surface area contributed by atoms with E-state index in [1.807, 2.05) is 18.2 Å². The summed E-state index contributed by atoms with van der Waals surface area (Å²) in [4.78, 5) is 32.1. The lowest BCUT2D eigenvalue weighted by atomic mass is 10.0. The van der Waals surface area contributed by atoms with E-state index >= 15 is 0 Å². The van der Waals surface area contributed by atoms with Gasteiger partial charge in [0.2, 0.25) is 11.8 Å². The number of carbonyl (C=O) groups excluding carboxylic acids is 1. The van der Waals surface area contributed by atoms with Gasteiger partial charge in [-0.3, -0.25) is 9.59 Å². The Balaban J connectivity index is 1.35. The summed E-state index contributed by atoms with van der Waals surface area (Å²) >= 11 is 0. The van der Waals surface area contributed by atoms with Crippen LogP contribution in [0.4, 0.5) is 4.39 Å². The third-order valence-corrected chi connectivity index (χ3v) is 5.99. The third-order valence-electron chi connectivity index (χ3n) is 5.99. The minimum Gasteiger partial charge on any atom is -0.443 e. The molecule has 0 unspecified atom stereocenters. The molecular weight excluding hydrogens is 423 g/mol. The van der Waals surface area contributed by atoms with Crippen LogP contribution in [0.2, 0.25) is 0 Å². The Kier molecular flexibility index (Phi) is 5.73. The molecule has 3 heterocycles. The zero-order valence-corrected chi connectivity index (χ0v) is 18.0. The molecule has 0 N–H and O–H groups in total. The van der Waals surface area contributed by atoms with Crippen LogP contribution in [0.3, 0.4) is 0 Å². The van der Waals surface area contributed by atoms with Crippen molar-refractivity contribution in [2.24, 2.45) is 0 Å². The molecule has 0 radical (unpaired) electrons. The maximum absolute atomic E-state index is 13.5. The van der Waals surface area contributed by atoms with E-state index in [0.717, 1.165) is 30.2 Å². The predicted molar refractivity (Wildman–Crippen MR) is 120 cm³/mol. The number of hydrogen-bond donors (Lipinski definition) is 0. The van der Waals surface area contributed by atoms with Gasteiger partial charge in [-0.15, -0.1) is 0 Å². The lowest BCUT2D eigenvalue weighted by molar-refractivity contribution is -0.136. The number of hydrogen-bond acceptors (Lipinski definition) is 5. The Hall–Kier alpha value is -3.81. The number of oxazole rings is 1. The highest BCUT2D eigenvalue weighted by Gasteiger charge is 2.31. The second kappa shape index (κ2) is 8.97. The first-order chi connectivity index (χ1) is 16.1. The monoisotopic (exact) mass is 446 g/mol. The molecule has 1 saturated heterocycles. The van der Waals surface area contributed by atoms with Crippen molar-refractivity contribution in [1.82, 2.24) is 19.7 Å². The minimum absolute atomic E-state index is 0.142. The van der Waals surface area contributed by atoms with E-state index in [-0.39, 0.29) is 29.9 Å². The molecule has 2 aromatic carbocycles. The second-order valence-electron chi connectivity index (χ2n) is 8.26.